The molecule has 0 spiro atoms. The summed E-state index contributed by atoms with van der Waals surface area (Å²) in [5.41, 5.74) is 2.14. The second-order valence-electron chi connectivity index (χ2n) is 5.80. The molecule has 2 aromatic rings. The number of carbonyl (C=O) groups excluding carboxylic acids is 1. The van der Waals surface area contributed by atoms with Crippen molar-refractivity contribution in [2.24, 2.45) is 0 Å². The van der Waals surface area contributed by atoms with Crippen LogP contribution in [0.4, 0.5) is 0 Å². The van der Waals surface area contributed by atoms with Gasteiger partial charge in [-0.05, 0) is 48.2 Å². The summed E-state index contributed by atoms with van der Waals surface area (Å²) in [5.74, 6) is 0.886. The van der Waals surface area contributed by atoms with E-state index in [0.717, 1.165) is 44.0 Å². The van der Waals surface area contributed by atoms with Gasteiger partial charge in [0.15, 0.2) is 0 Å². The van der Waals surface area contributed by atoms with Crippen molar-refractivity contribution in [2.45, 2.75) is 13.5 Å². The Morgan fingerprint density at radius 3 is 2.39 bits per heavy atom. The second-order valence-corrected chi connectivity index (χ2v) is 6.92. The minimum atomic E-state index is 0.110. The standard InChI is InChI=1S/C18H22N2O2S/c1-14-16(7-12-23-14)13-19-8-10-20(11-9-19)18(21)15-3-5-17(22-2)6-4-15/h3-7,12H,8-11,13H2,1-2H3. The number of nitrogens with zero attached hydrogens (tertiary/aromatic N) is 2. The van der Waals surface area contributed by atoms with Gasteiger partial charge in [-0.25, -0.2) is 0 Å². The number of thiophene rings is 1. The summed E-state index contributed by atoms with van der Waals surface area (Å²) in [4.78, 5) is 18.3. The fourth-order valence-electron chi connectivity index (χ4n) is 2.84. The van der Waals surface area contributed by atoms with Crippen molar-refractivity contribution in [1.82, 2.24) is 9.80 Å². The highest BCUT2D eigenvalue weighted by atomic mass is 32.1. The molecule has 5 heteroatoms. The Hall–Kier alpha value is -1.85. The van der Waals surface area contributed by atoms with Gasteiger partial charge >= 0.3 is 0 Å². The molecule has 1 aromatic heterocycles. The second kappa shape index (κ2) is 7.15. The van der Waals surface area contributed by atoms with Crippen molar-refractivity contribution in [1.29, 1.82) is 0 Å². The van der Waals surface area contributed by atoms with Crippen molar-refractivity contribution in [3.8, 4) is 5.75 Å². The van der Waals surface area contributed by atoms with E-state index in [1.807, 2.05) is 29.2 Å². The third-order valence-corrected chi connectivity index (χ3v) is 5.24. The van der Waals surface area contributed by atoms with Crippen LogP contribution < -0.4 is 4.74 Å². The Kier molecular flexibility index (Phi) is 4.98. The minimum absolute atomic E-state index is 0.110. The molecule has 3 rings (SSSR count). The van der Waals surface area contributed by atoms with E-state index in [1.54, 1.807) is 18.4 Å². The van der Waals surface area contributed by atoms with E-state index in [1.165, 1.54) is 10.4 Å². The minimum Gasteiger partial charge on any atom is -0.497 e. The van der Waals surface area contributed by atoms with Gasteiger partial charge < -0.3 is 9.64 Å². The molecule has 1 saturated heterocycles. The predicted molar refractivity (Wildman–Crippen MR) is 93.2 cm³/mol. The van der Waals surface area contributed by atoms with E-state index < -0.39 is 0 Å². The number of benzene rings is 1. The van der Waals surface area contributed by atoms with Crippen molar-refractivity contribution in [2.75, 3.05) is 33.3 Å². The molecule has 1 aromatic carbocycles. The third kappa shape index (κ3) is 3.74. The first-order valence-corrected chi connectivity index (χ1v) is 8.74. The summed E-state index contributed by atoms with van der Waals surface area (Å²) in [6, 6.07) is 9.55. The van der Waals surface area contributed by atoms with Gasteiger partial charge in [0.2, 0.25) is 0 Å². The van der Waals surface area contributed by atoms with Crippen molar-refractivity contribution < 1.29 is 9.53 Å². The highest BCUT2D eigenvalue weighted by Gasteiger charge is 2.22. The first-order valence-electron chi connectivity index (χ1n) is 7.86. The summed E-state index contributed by atoms with van der Waals surface area (Å²) < 4.78 is 5.14. The van der Waals surface area contributed by atoms with Gasteiger partial charge in [0.25, 0.3) is 5.91 Å². The van der Waals surface area contributed by atoms with E-state index >= 15 is 0 Å². The Labute approximate surface area is 141 Å². The van der Waals surface area contributed by atoms with Gasteiger partial charge in [-0.1, -0.05) is 0 Å². The van der Waals surface area contributed by atoms with Gasteiger partial charge in [0, 0.05) is 43.2 Å². The van der Waals surface area contributed by atoms with Crippen LogP contribution in [0.25, 0.3) is 0 Å². The smallest absolute Gasteiger partial charge is 0.253 e. The van der Waals surface area contributed by atoms with E-state index in [-0.39, 0.29) is 5.91 Å². The van der Waals surface area contributed by atoms with Gasteiger partial charge in [-0.2, -0.15) is 0 Å². The van der Waals surface area contributed by atoms with Crippen LogP contribution in [-0.4, -0.2) is 49.0 Å². The summed E-state index contributed by atoms with van der Waals surface area (Å²) >= 11 is 1.80. The van der Waals surface area contributed by atoms with Crippen LogP contribution in [0.15, 0.2) is 35.7 Å². The number of ether oxygens (including phenoxy) is 1. The number of hydrogen-bond acceptors (Lipinski definition) is 4. The van der Waals surface area contributed by atoms with Gasteiger partial charge in [0.05, 0.1) is 7.11 Å². The maximum Gasteiger partial charge on any atom is 0.253 e. The Bertz CT molecular complexity index is 658. The van der Waals surface area contributed by atoms with Crippen LogP contribution in [0.3, 0.4) is 0 Å². The number of rotatable bonds is 4. The largest absolute Gasteiger partial charge is 0.497 e. The topological polar surface area (TPSA) is 32.8 Å². The molecular formula is C18H22N2O2S. The molecule has 0 N–H and O–H groups in total. The monoisotopic (exact) mass is 330 g/mol. The maximum absolute atomic E-state index is 12.5. The molecule has 1 fully saturated rings. The van der Waals surface area contributed by atoms with Crippen LogP contribution in [0.5, 0.6) is 5.75 Å². The highest BCUT2D eigenvalue weighted by molar-refractivity contribution is 7.10. The molecule has 0 atom stereocenters. The zero-order chi connectivity index (χ0) is 16.2. The first-order chi connectivity index (χ1) is 11.2. The number of hydrogen-bond donors (Lipinski definition) is 0. The van der Waals surface area contributed by atoms with Crippen molar-refractivity contribution >= 4 is 17.2 Å². The Morgan fingerprint density at radius 1 is 1.13 bits per heavy atom. The summed E-state index contributed by atoms with van der Waals surface area (Å²) in [7, 11) is 1.63. The molecule has 1 amide bonds. The molecule has 23 heavy (non-hydrogen) atoms. The van der Waals surface area contributed by atoms with Crippen molar-refractivity contribution in [3.05, 3.63) is 51.7 Å². The number of methoxy groups -OCH3 is 1. The highest BCUT2D eigenvalue weighted by Crippen LogP contribution is 2.19. The van der Waals surface area contributed by atoms with Crippen LogP contribution in [0, 0.1) is 6.92 Å². The molecule has 0 radical (unpaired) electrons. The third-order valence-electron chi connectivity index (χ3n) is 4.36. The van der Waals surface area contributed by atoms with E-state index in [2.05, 4.69) is 23.3 Å². The molecule has 2 heterocycles. The maximum atomic E-state index is 12.5. The van der Waals surface area contributed by atoms with Crippen molar-refractivity contribution in [3.63, 3.8) is 0 Å². The summed E-state index contributed by atoms with van der Waals surface area (Å²) in [6.07, 6.45) is 0. The van der Waals surface area contributed by atoms with Crippen LogP contribution in [0.1, 0.15) is 20.8 Å². The Balaban J connectivity index is 1.55. The molecule has 0 unspecified atom stereocenters. The average molecular weight is 330 g/mol. The number of amides is 1. The molecule has 4 nitrogen and oxygen atoms in total. The number of carbonyl (C=O) groups is 1. The van der Waals surface area contributed by atoms with Crippen LogP contribution in [0.2, 0.25) is 0 Å². The fraction of sp³-hybridized carbons (Fsp3) is 0.389. The molecule has 0 aliphatic carbocycles. The predicted octanol–water partition coefficient (Wildman–Crippen LogP) is 3.02. The number of piperazine rings is 1. The van der Waals surface area contributed by atoms with Gasteiger partial charge in [-0.15, -0.1) is 11.3 Å². The lowest BCUT2D eigenvalue weighted by atomic mass is 10.1. The lowest BCUT2D eigenvalue weighted by molar-refractivity contribution is 0.0628. The van der Waals surface area contributed by atoms with E-state index in [0.29, 0.717) is 0 Å². The SMILES string of the molecule is COc1ccc(C(=O)N2CCN(Cc3ccsc3C)CC2)cc1. The van der Waals surface area contributed by atoms with Crippen LogP contribution in [-0.2, 0) is 6.54 Å². The number of aryl methyl sites for hydroxylation is 1. The fourth-order valence-corrected chi connectivity index (χ4v) is 3.56. The lowest BCUT2D eigenvalue weighted by Crippen LogP contribution is -2.48. The van der Waals surface area contributed by atoms with Crippen LogP contribution >= 0.6 is 11.3 Å². The van der Waals surface area contributed by atoms with Gasteiger partial charge in [0.1, 0.15) is 5.75 Å². The quantitative estimate of drug-likeness (QED) is 0.864. The normalized spacial score (nSPS) is 15.7. The van der Waals surface area contributed by atoms with E-state index in [4.69, 9.17) is 4.74 Å². The van der Waals surface area contributed by atoms with E-state index in [9.17, 15) is 4.79 Å². The molecule has 1 aliphatic rings. The zero-order valence-electron chi connectivity index (χ0n) is 13.6. The molecular weight excluding hydrogens is 308 g/mol. The molecule has 0 saturated carbocycles. The van der Waals surface area contributed by atoms with Gasteiger partial charge in [-0.3, -0.25) is 9.69 Å². The zero-order valence-corrected chi connectivity index (χ0v) is 14.4. The average Bonchev–Trinajstić information content (AvgIpc) is 3.00. The Morgan fingerprint density at radius 2 is 1.83 bits per heavy atom. The summed E-state index contributed by atoms with van der Waals surface area (Å²) in [6.45, 7) is 6.58. The first kappa shape index (κ1) is 16.0. The molecule has 1 aliphatic heterocycles. The molecule has 122 valence electrons. The molecule has 0 bridgehead atoms. The summed E-state index contributed by atoms with van der Waals surface area (Å²) in [5, 5.41) is 2.15. The lowest BCUT2D eigenvalue weighted by Gasteiger charge is -2.34.